The Hall–Kier alpha value is -3.12. The van der Waals surface area contributed by atoms with Crippen LogP contribution in [0.2, 0.25) is 0 Å². The second kappa shape index (κ2) is 10.3. The molecular formula is C24H27ClN4O2. The first-order chi connectivity index (χ1) is 14.9. The number of alkyl halides is 1. The molecule has 6 nitrogen and oxygen atoms in total. The summed E-state index contributed by atoms with van der Waals surface area (Å²) in [5, 5.41) is 7.69. The van der Waals surface area contributed by atoms with E-state index in [1.807, 2.05) is 69.3 Å². The van der Waals surface area contributed by atoms with Crippen LogP contribution >= 0.6 is 11.6 Å². The van der Waals surface area contributed by atoms with Gasteiger partial charge in [0.1, 0.15) is 11.7 Å². The van der Waals surface area contributed by atoms with E-state index < -0.39 is 0 Å². The van der Waals surface area contributed by atoms with Gasteiger partial charge in [0.15, 0.2) is 0 Å². The Morgan fingerprint density at radius 1 is 1.10 bits per heavy atom. The maximum absolute atomic E-state index is 12.8. The number of anilines is 1. The molecule has 2 aromatic carbocycles. The maximum atomic E-state index is 12.8. The number of nitrogens with zero attached hydrogens (tertiary/aromatic N) is 3. The van der Waals surface area contributed by atoms with Gasteiger partial charge < -0.3 is 10.2 Å². The van der Waals surface area contributed by atoms with Crippen LogP contribution in [-0.4, -0.2) is 45.5 Å². The van der Waals surface area contributed by atoms with Crippen LogP contribution < -0.4 is 5.32 Å². The molecule has 3 aromatic rings. The summed E-state index contributed by atoms with van der Waals surface area (Å²) in [6, 6.07) is 17.7. The first-order valence-corrected chi connectivity index (χ1v) is 10.8. The molecule has 0 radical (unpaired) electrons. The molecule has 1 aromatic heterocycles. The van der Waals surface area contributed by atoms with Gasteiger partial charge in [-0.05, 0) is 31.9 Å². The fourth-order valence-electron chi connectivity index (χ4n) is 3.45. The van der Waals surface area contributed by atoms with Gasteiger partial charge in [-0.2, -0.15) is 5.10 Å². The average molecular weight is 439 g/mol. The van der Waals surface area contributed by atoms with E-state index in [9.17, 15) is 9.59 Å². The van der Waals surface area contributed by atoms with Crippen LogP contribution in [0.5, 0.6) is 0 Å². The highest BCUT2D eigenvalue weighted by Crippen LogP contribution is 2.26. The zero-order valence-corrected chi connectivity index (χ0v) is 18.8. The van der Waals surface area contributed by atoms with Crippen molar-refractivity contribution < 1.29 is 9.59 Å². The zero-order valence-electron chi connectivity index (χ0n) is 18.1. The first kappa shape index (κ1) is 22.6. The third-order valence-electron chi connectivity index (χ3n) is 4.92. The summed E-state index contributed by atoms with van der Waals surface area (Å²) in [5.74, 6) is -0.152. The molecular weight excluding hydrogens is 412 g/mol. The van der Waals surface area contributed by atoms with Gasteiger partial charge in [-0.15, -0.1) is 11.6 Å². The highest BCUT2D eigenvalue weighted by molar-refractivity contribution is 6.27. The lowest BCUT2D eigenvalue weighted by atomic mass is 10.1. The minimum absolute atomic E-state index is 0.0574. The third-order valence-corrected chi connectivity index (χ3v) is 5.15. The van der Waals surface area contributed by atoms with Gasteiger partial charge in [0.2, 0.25) is 11.8 Å². The Balaban J connectivity index is 1.95. The van der Waals surface area contributed by atoms with Gasteiger partial charge in [-0.3, -0.25) is 9.59 Å². The molecule has 1 heterocycles. The van der Waals surface area contributed by atoms with E-state index in [2.05, 4.69) is 11.4 Å². The minimum atomic E-state index is -0.294. The number of aromatic nitrogens is 2. The van der Waals surface area contributed by atoms with Crippen LogP contribution in [-0.2, 0) is 9.59 Å². The van der Waals surface area contributed by atoms with Crippen molar-refractivity contribution in [2.24, 2.45) is 0 Å². The van der Waals surface area contributed by atoms with Crippen molar-refractivity contribution in [3.05, 3.63) is 65.7 Å². The van der Waals surface area contributed by atoms with Crippen molar-refractivity contribution in [1.82, 2.24) is 14.7 Å². The topological polar surface area (TPSA) is 67.2 Å². The molecule has 0 aliphatic rings. The largest absolute Gasteiger partial charge is 0.332 e. The van der Waals surface area contributed by atoms with E-state index in [1.54, 1.807) is 4.68 Å². The van der Waals surface area contributed by atoms with E-state index in [0.717, 1.165) is 34.5 Å². The van der Waals surface area contributed by atoms with E-state index >= 15 is 0 Å². The van der Waals surface area contributed by atoms with Crippen LogP contribution in [0.25, 0.3) is 16.9 Å². The molecule has 0 aliphatic heterocycles. The highest BCUT2D eigenvalue weighted by Gasteiger charge is 2.19. The Kier molecular flexibility index (Phi) is 7.47. The number of rotatable bonds is 8. The molecule has 3 rings (SSSR count). The lowest BCUT2D eigenvalue weighted by Gasteiger charge is -2.20. The lowest BCUT2D eigenvalue weighted by Crippen LogP contribution is -2.39. The lowest BCUT2D eigenvalue weighted by molar-refractivity contribution is -0.132. The predicted octanol–water partition coefficient (Wildman–Crippen LogP) is 4.57. The molecule has 31 heavy (non-hydrogen) atoms. The van der Waals surface area contributed by atoms with Crippen LogP contribution in [0, 0.1) is 13.8 Å². The second-order valence-electron chi connectivity index (χ2n) is 7.48. The Morgan fingerprint density at radius 3 is 2.48 bits per heavy atom. The second-order valence-corrected chi connectivity index (χ2v) is 7.75. The highest BCUT2D eigenvalue weighted by atomic mass is 35.5. The number of carbonyl (C=O) groups is 2. The van der Waals surface area contributed by atoms with Crippen molar-refractivity contribution >= 4 is 29.2 Å². The SMILES string of the molecule is CCCN(CC(=O)Nc1cc(-c2ccccc2)nn1-c1ccc(C)cc1C)C(=O)CCl. The van der Waals surface area contributed by atoms with Gasteiger partial charge in [-0.25, -0.2) is 4.68 Å². The van der Waals surface area contributed by atoms with Crippen molar-refractivity contribution in [3.8, 4) is 16.9 Å². The van der Waals surface area contributed by atoms with E-state index in [0.29, 0.717) is 12.4 Å². The normalized spacial score (nSPS) is 10.7. The summed E-state index contributed by atoms with van der Waals surface area (Å²) < 4.78 is 1.74. The van der Waals surface area contributed by atoms with Crippen LogP contribution in [0.4, 0.5) is 5.82 Å². The molecule has 0 fully saturated rings. The average Bonchev–Trinajstić information content (AvgIpc) is 3.16. The molecule has 0 spiro atoms. The standard InChI is InChI=1S/C24H27ClN4O2/c1-4-12-28(24(31)15-25)16-23(30)26-22-14-20(19-8-6-5-7-9-19)27-29(22)21-11-10-17(2)13-18(21)3/h5-11,13-14H,4,12,15-16H2,1-3H3,(H,26,30). The number of hydrogen-bond donors (Lipinski definition) is 1. The Bertz CT molecular complexity index is 1060. The van der Waals surface area contributed by atoms with Crippen molar-refractivity contribution in [2.45, 2.75) is 27.2 Å². The predicted molar refractivity (Wildman–Crippen MR) is 125 cm³/mol. The fourth-order valence-corrected chi connectivity index (χ4v) is 3.62. The fraction of sp³-hybridized carbons (Fsp3) is 0.292. The number of benzene rings is 2. The number of carbonyl (C=O) groups excluding carboxylic acids is 2. The van der Waals surface area contributed by atoms with Crippen molar-refractivity contribution in [1.29, 1.82) is 0 Å². The van der Waals surface area contributed by atoms with Gasteiger partial charge >= 0.3 is 0 Å². The molecule has 162 valence electrons. The Labute approximate surface area is 187 Å². The zero-order chi connectivity index (χ0) is 22.4. The summed E-state index contributed by atoms with van der Waals surface area (Å²) >= 11 is 5.70. The van der Waals surface area contributed by atoms with E-state index in [-0.39, 0.29) is 24.2 Å². The molecule has 0 bridgehead atoms. The van der Waals surface area contributed by atoms with Crippen LogP contribution in [0.1, 0.15) is 24.5 Å². The number of amides is 2. The quantitative estimate of drug-likeness (QED) is 0.524. The maximum Gasteiger partial charge on any atom is 0.245 e. The molecule has 0 saturated carbocycles. The van der Waals surface area contributed by atoms with Crippen molar-refractivity contribution in [3.63, 3.8) is 0 Å². The summed E-state index contributed by atoms with van der Waals surface area (Å²) in [6.07, 6.45) is 0.745. The summed E-state index contributed by atoms with van der Waals surface area (Å²) in [6.45, 7) is 6.42. The molecule has 0 unspecified atom stereocenters. The van der Waals surface area contributed by atoms with E-state index in [4.69, 9.17) is 16.7 Å². The van der Waals surface area contributed by atoms with Gasteiger partial charge in [-0.1, -0.05) is 55.0 Å². The van der Waals surface area contributed by atoms with Crippen LogP contribution in [0.3, 0.4) is 0 Å². The molecule has 2 amide bonds. The molecule has 0 atom stereocenters. The van der Waals surface area contributed by atoms with Gasteiger partial charge in [0.05, 0.1) is 17.9 Å². The van der Waals surface area contributed by atoms with E-state index in [1.165, 1.54) is 4.90 Å². The molecule has 0 aliphatic carbocycles. The van der Waals surface area contributed by atoms with Gasteiger partial charge in [0.25, 0.3) is 0 Å². The first-order valence-electron chi connectivity index (χ1n) is 10.3. The number of hydrogen-bond acceptors (Lipinski definition) is 3. The molecule has 0 saturated heterocycles. The smallest absolute Gasteiger partial charge is 0.245 e. The third kappa shape index (κ3) is 5.52. The van der Waals surface area contributed by atoms with Gasteiger partial charge in [0, 0.05) is 18.2 Å². The monoisotopic (exact) mass is 438 g/mol. The summed E-state index contributed by atoms with van der Waals surface area (Å²) in [4.78, 5) is 26.3. The number of nitrogens with one attached hydrogen (secondary N) is 1. The summed E-state index contributed by atoms with van der Waals surface area (Å²) in [5.41, 5.74) is 4.77. The molecule has 7 heteroatoms. The molecule has 1 N–H and O–H groups in total. The number of aryl methyl sites for hydroxylation is 2. The summed E-state index contributed by atoms with van der Waals surface area (Å²) in [7, 11) is 0. The van der Waals surface area contributed by atoms with Crippen molar-refractivity contribution in [2.75, 3.05) is 24.3 Å². The number of halogens is 1. The minimum Gasteiger partial charge on any atom is -0.332 e. The Morgan fingerprint density at radius 2 is 1.84 bits per heavy atom. The van der Waals surface area contributed by atoms with Crippen LogP contribution in [0.15, 0.2) is 54.6 Å².